The van der Waals surface area contributed by atoms with Gasteiger partial charge in [0.25, 0.3) is 0 Å². The number of aromatic nitrogens is 1. The fraction of sp³-hybridized carbons (Fsp3) is 0.357. The zero-order valence-electron chi connectivity index (χ0n) is 11.8. The summed E-state index contributed by atoms with van der Waals surface area (Å²) in [5, 5.41) is 9.69. The predicted octanol–water partition coefficient (Wildman–Crippen LogP) is -0.992. The molecule has 21 heavy (non-hydrogen) atoms. The summed E-state index contributed by atoms with van der Waals surface area (Å²) in [6.07, 6.45) is 2.12. The van der Waals surface area contributed by atoms with Gasteiger partial charge in [0.15, 0.2) is 0 Å². The molecule has 0 saturated carbocycles. The van der Waals surface area contributed by atoms with Gasteiger partial charge in [-0.05, 0) is 23.8 Å². The fourth-order valence-corrected chi connectivity index (χ4v) is 2.66. The molecule has 5 nitrogen and oxygen atoms in total. The average molecular weight is 286 g/mol. The molecule has 1 fully saturated rings. The molecule has 2 heterocycles. The van der Waals surface area contributed by atoms with E-state index in [1.54, 1.807) is 6.07 Å². The van der Waals surface area contributed by atoms with E-state index < -0.39 is 5.97 Å². The Morgan fingerprint density at radius 1 is 1.43 bits per heavy atom. The summed E-state index contributed by atoms with van der Waals surface area (Å²) in [7, 11) is 0. The summed E-state index contributed by atoms with van der Waals surface area (Å²) in [6, 6.07) is 4.77. The number of benzene rings is 1. The molecule has 0 radical (unpaired) electrons. The Labute approximate surface area is 133 Å². The number of carboxylic acid groups (broad SMARTS) is 1. The second kappa shape index (κ2) is 7.10. The van der Waals surface area contributed by atoms with Gasteiger partial charge in [0.2, 0.25) is 0 Å². The van der Waals surface area contributed by atoms with Crippen molar-refractivity contribution in [2.24, 2.45) is 0 Å². The maximum Gasteiger partial charge on any atom is 1.00 e. The molecular weight excluding hydrogens is 270 g/mol. The number of hydrogen-bond acceptors (Lipinski definition) is 3. The molecule has 0 bridgehead atoms. The van der Waals surface area contributed by atoms with Gasteiger partial charge in [-0.25, -0.2) is 4.39 Å². The molecule has 1 aromatic carbocycles. The van der Waals surface area contributed by atoms with E-state index in [1.807, 2.05) is 6.20 Å². The van der Waals surface area contributed by atoms with Gasteiger partial charge >= 0.3 is 24.8 Å². The Hall–Kier alpha value is -1.32. The molecule has 0 unspecified atom stereocenters. The molecular formula is C14H16FLiN2O3. The molecule has 7 heteroatoms. The van der Waals surface area contributed by atoms with E-state index in [1.165, 1.54) is 17.7 Å². The Kier molecular flexibility index (Phi) is 5.99. The maximum absolute atomic E-state index is 13.1. The molecule has 0 spiro atoms. The van der Waals surface area contributed by atoms with Crippen LogP contribution in [-0.2, 0) is 4.79 Å². The monoisotopic (exact) mass is 286 g/mol. The van der Waals surface area contributed by atoms with Gasteiger partial charge in [-0.2, -0.15) is 0 Å². The van der Waals surface area contributed by atoms with E-state index in [9.17, 15) is 9.18 Å². The van der Waals surface area contributed by atoms with Crippen molar-refractivity contribution in [3.05, 3.63) is 35.8 Å². The first-order chi connectivity index (χ1) is 9.13. The van der Waals surface area contributed by atoms with Crippen molar-refractivity contribution < 1.29 is 38.6 Å². The van der Waals surface area contributed by atoms with Gasteiger partial charge < -0.3 is 20.5 Å². The largest absolute Gasteiger partial charge is 1.00 e. The molecule has 0 aliphatic carbocycles. The van der Waals surface area contributed by atoms with E-state index in [0.29, 0.717) is 12.5 Å². The van der Waals surface area contributed by atoms with E-state index in [2.05, 4.69) is 9.88 Å². The van der Waals surface area contributed by atoms with Crippen molar-refractivity contribution >= 4 is 16.9 Å². The minimum atomic E-state index is -0.758. The summed E-state index contributed by atoms with van der Waals surface area (Å²) in [5.74, 6) is -0.586. The van der Waals surface area contributed by atoms with Gasteiger partial charge in [-0.1, -0.05) is 0 Å². The minimum Gasteiger partial charge on any atom is -0.870 e. The predicted molar refractivity (Wildman–Crippen MR) is 71.6 cm³/mol. The molecule has 0 amide bonds. The van der Waals surface area contributed by atoms with Gasteiger partial charge in [-0.3, -0.25) is 4.79 Å². The smallest absolute Gasteiger partial charge is 0.870 e. The Bertz CT molecular complexity index is 626. The Morgan fingerprint density at radius 2 is 2.14 bits per heavy atom. The zero-order chi connectivity index (χ0) is 13.4. The van der Waals surface area contributed by atoms with Crippen LogP contribution in [0.25, 0.3) is 10.9 Å². The molecule has 1 aliphatic heterocycles. The van der Waals surface area contributed by atoms with Gasteiger partial charge in [0.05, 0.1) is 6.42 Å². The first-order valence-corrected chi connectivity index (χ1v) is 6.34. The molecule has 1 saturated heterocycles. The van der Waals surface area contributed by atoms with Crippen LogP contribution >= 0.6 is 0 Å². The number of nitrogens with one attached hydrogen (secondary N) is 1. The Balaban J connectivity index is 0.00000110. The fourth-order valence-electron chi connectivity index (χ4n) is 2.66. The normalized spacial score (nSPS) is 15.1. The number of aliphatic carboxylic acids is 1. The number of H-pyrrole nitrogens is 1. The molecule has 1 aliphatic rings. The van der Waals surface area contributed by atoms with Gasteiger partial charge in [0, 0.05) is 42.7 Å². The van der Waals surface area contributed by atoms with Crippen molar-refractivity contribution in [3.8, 4) is 0 Å². The van der Waals surface area contributed by atoms with Crippen LogP contribution < -0.4 is 18.9 Å². The van der Waals surface area contributed by atoms with E-state index in [-0.39, 0.29) is 36.6 Å². The third-order valence-corrected chi connectivity index (χ3v) is 3.71. The van der Waals surface area contributed by atoms with Crippen LogP contribution in [0.4, 0.5) is 4.39 Å². The van der Waals surface area contributed by atoms with Crippen molar-refractivity contribution in [1.29, 1.82) is 0 Å². The number of nitrogens with zero attached hydrogens (tertiary/aromatic N) is 1. The number of hydrogen-bond donors (Lipinski definition) is 2. The van der Waals surface area contributed by atoms with Gasteiger partial charge in [0.1, 0.15) is 5.82 Å². The van der Waals surface area contributed by atoms with Crippen LogP contribution in [0.5, 0.6) is 0 Å². The maximum atomic E-state index is 13.1. The second-order valence-electron chi connectivity index (χ2n) is 5.03. The number of rotatable bonds is 4. The second-order valence-corrected chi connectivity index (χ2v) is 5.03. The molecule has 3 N–H and O–H groups in total. The molecule has 0 atom stereocenters. The van der Waals surface area contributed by atoms with Gasteiger partial charge in [-0.15, -0.1) is 0 Å². The SMILES string of the molecule is O=C(O)CCN1CC(c2c[nH]c3cc(F)ccc23)C1.[Li+].[OH-]. The van der Waals surface area contributed by atoms with Crippen LogP contribution in [0.3, 0.4) is 0 Å². The van der Waals surface area contributed by atoms with Crippen LogP contribution in [0.1, 0.15) is 17.9 Å². The quantitative estimate of drug-likeness (QED) is 0.707. The number of likely N-dealkylation sites (tertiary alicyclic amines) is 1. The van der Waals surface area contributed by atoms with Crippen LogP contribution in [-0.4, -0.2) is 46.1 Å². The summed E-state index contributed by atoms with van der Waals surface area (Å²) in [4.78, 5) is 15.7. The zero-order valence-corrected chi connectivity index (χ0v) is 11.8. The third-order valence-electron chi connectivity index (χ3n) is 3.71. The number of carboxylic acids is 1. The van der Waals surface area contributed by atoms with E-state index >= 15 is 0 Å². The average Bonchev–Trinajstić information content (AvgIpc) is 2.69. The van der Waals surface area contributed by atoms with E-state index in [0.717, 1.165) is 24.0 Å². The molecule has 3 rings (SSSR count). The van der Waals surface area contributed by atoms with Crippen LogP contribution in [0, 0.1) is 5.82 Å². The minimum absolute atomic E-state index is 0. The van der Waals surface area contributed by atoms with Crippen LogP contribution in [0.2, 0.25) is 0 Å². The van der Waals surface area contributed by atoms with Crippen molar-refractivity contribution in [2.75, 3.05) is 19.6 Å². The summed E-state index contributed by atoms with van der Waals surface area (Å²) >= 11 is 0. The van der Waals surface area contributed by atoms with Crippen molar-refractivity contribution in [3.63, 3.8) is 0 Å². The molecule has 108 valence electrons. The number of aromatic amines is 1. The standard InChI is InChI=1S/C14H15FN2O2.Li.H2O/c15-10-1-2-11-12(6-16-13(11)5-10)9-7-17(8-9)4-3-14(18)19;;/h1-2,5-6,9,16H,3-4,7-8H2,(H,18,19);;1H2/q;+1;/p-1. The number of fused-ring (bicyclic) bond motifs is 1. The molecule has 2 aromatic rings. The summed E-state index contributed by atoms with van der Waals surface area (Å²) < 4.78 is 13.1. The summed E-state index contributed by atoms with van der Waals surface area (Å²) in [5.41, 5.74) is 2.01. The first-order valence-electron chi connectivity index (χ1n) is 6.34. The van der Waals surface area contributed by atoms with Crippen molar-refractivity contribution in [1.82, 2.24) is 9.88 Å². The van der Waals surface area contributed by atoms with Crippen molar-refractivity contribution in [2.45, 2.75) is 12.3 Å². The topological polar surface area (TPSA) is 86.3 Å². The molecule has 1 aromatic heterocycles. The first kappa shape index (κ1) is 17.7. The number of carbonyl (C=O) groups is 1. The van der Waals surface area contributed by atoms with Crippen LogP contribution in [0.15, 0.2) is 24.4 Å². The Morgan fingerprint density at radius 3 is 2.81 bits per heavy atom. The third kappa shape index (κ3) is 3.66. The number of halogens is 1. The van der Waals surface area contributed by atoms with E-state index in [4.69, 9.17) is 5.11 Å². The summed E-state index contributed by atoms with van der Waals surface area (Å²) in [6.45, 7) is 2.35.